The molecule has 0 radical (unpaired) electrons. The summed E-state index contributed by atoms with van der Waals surface area (Å²) < 4.78 is 0. The van der Waals surface area contributed by atoms with Crippen molar-refractivity contribution in [3.63, 3.8) is 0 Å². The van der Waals surface area contributed by atoms with Gasteiger partial charge in [-0.15, -0.1) is 0 Å². The van der Waals surface area contributed by atoms with Gasteiger partial charge in [0.1, 0.15) is 0 Å². The van der Waals surface area contributed by atoms with Crippen LogP contribution in [0.4, 0.5) is 5.69 Å². The van der Waals surface area contributed by atoms with Gasteiger partial charge in [-0.05, 0) is 49.3 Å². The highest BCUT2D eigenvalue weighted by atomic mass is 16.3. The Hall–Kier alpha value is -1.55. The molecule has 0 bridgehead atoms. The van der Waals surface area contributed by atoms with E-state index in [1.54, 1.807) is 0 Å². The summed E-state index contributed by atoms with van der Waals surface area (Å²) in [6.07, 6.45) is 7.71. The van der Waals surface area contributed by atoms with E-state index < -0.39 is 6.10 Å². The minimum absolute atomic E-state index is 0.310. The number of aliphatic hydroxyl groups is 1. The standard InChI is InChI=1S/C18H28N2O2/c19-18(22)11-5-10-17(21)15-8-4-9-16(12-15)20-13-14-6-2-1-3-7-14/h4,8-9,12,14,17,20-21H,1-3,5-7,10-11,13H2,(H2,19,22). The Kier molecular flexibility index (Phi) is 6.72. The van der Waals surface area contributed by atoms with E-state index in [-0.39, 0.29) is 5.91 Å². The Labute approximate surface area is 133 Å². The third-order valence-corrected chi connectivity index (χ3v) is 4.49. The van der Waals surface area contributed by atoms with Gasteiger partial charge in [-0.2, -0.15) is 0 Å². The van der Waals surface area contributed by atoms with Crippen LogP contribution in [0.5, 0.6) is 0 Å². The number of anilines is 1. The molecule has 0 aliphatic heterocycles. The van der Waals surface area contributed by atoms with Crippen LogP contribution in [0, 0.1) is 5.92 Å². The number of aliphatic hydroxyl groups excluding tert-OH is 1. The molecule has 0 aromatic heterocycles. The molecule has 1 unspecified atom stereocenters. The van der Waals surface area contributed by atoms with Crippen molar-refractivity contribution in [2.24, 2.45) is 11.7 Å². The predicted molar refractivity (Wildman–Crippen MR) is 89.5 cm³/mol. The van der Waals surface area contributed by atoms with Gasteiger partial charge in [-0.3, -0.25) is 4.79 Å². The number of rotatable bonds is 8. The number of amides is 1. The Morgan fingerprint density at radius 2 is 2.09 bits per heavy atom. The van der Waals surface area contributed by atoms with Crippen molar-refractivity contribution in [3.8, 4) is 0 Å². The molecule has 1 aromatic rings. The highest BCUT2D eigenvalue weighted by molar-refractivity contribution is 5.73. The van der Waals surface area contributed by atoms with E-state index >= 15 is 0 Å². The Balaban J connectivity index is 1.81. The van der Waals surface area contributed by atoms with Crippen LogP contribution in [0.25, 0.3) is 0 Å². The molecule has 1 fully saturated rings. The van der Waals surface area contributed by atoms with Crippen LogP contribution in [0.3, 0.4) is 0 Å². The molecule has 4 nitrogen and oxygen atoms in total. The van der Waals surface area contributed by atoms with Crippen molar-refractivity contribution in [1.29, 1.82) is 0 Å². The van der Waals surface area contributed by atoms with Gasteiger partial charge in [0.15, 0.2) is 0 Å². The van der Waals surface area contributed by atoms with Crippen LogP contribution in [-0.2, 0) is 4.79 Å². The molecule has 122 valence electrons. The average molecular weight is 304 g/mol. The van der Waals surface area contributed by atoms with Gasteiger partial charge >= 0.3 is 0 Å². The summed E-state index contributed by atoms with van der Waals surface area (Å²) in [5.41, 5.74) is 7.09. The zero-order chi connectivity index (χ0) is 15.8. The zero-order valence-electron chi connectivity index (χ0n) is 13.3. The molecule has 4 heteroatoms. The first-order valence-electron chi connectivity index (χ1n) is 8.45. The SMILES string of the molecule is NC(=O)CCCC(O)c1cccc(NCC2CCCCC2)c1. The lowest BCUT2D eigenvalue weighted by molar-refractivity contribution is -0.118. The van der Waals surface area contributed by atoms with Crippen molar-refractivity contribution in [2.75, 3.05) is 11.9 Å². The van der Waals surface area contributed by atoms with Gasteiger partial charge in [0, 0.05) is 18.7 Å². The van der Waals surface area contributed by atoms with Gasteiger partial charge in [0.2, 0.25) is 5.91 Å². The van der Waals surface area contributed by atoms with Crippen LogP contribution >= 0.6 is 0 Å². The van der Waals surface area contributed by atoms with Crippen molar-refractivity contribution in [1.82, 2.24) is 0 Å². The van der Waals surface area contributed by atoms with E-state index in [4.69, 9.17) is 5.73 Å². The molecule has 1 aliphatic carbocycles. The Morgan fingerprint density at radius 3 is 2.82 bits per heavy atom. The monoisotopic (exact) mass is 304 g/mol. The van der Waals surface area contributed by atoms with Gasteiger partial charge < -0.3 is 16.2 Å². The van der Waals surface area contributed by atoms with Crippen LogP contribution in [0.15, 0.2) is 24.3 Å². The molecule has 0 heterocycles. The number of nitrogens with two attached hydrogens (primary N) is 1. The molecule has 1 aliphatic rings. The molecular formula is C18H28N2O2. The molecule has 1 atom stereocenters. The van der Waals surface area contributed by atoms with E-state index in [2.05, 4.69) is 5.32 Å². The van der Waals surface area contributed by atoms with Crippen molar-refractivity contribution in [3.05, 3.63) is 29.8 Å². The molecule has 1 amide bonds. The maximum Gasteiger partial charge on any atom is 0.217 e. The molecule has 2 rings (SSSR count). The fourth-order valence-electron chi connectivity index (χ4n) is 3.15. The summed E-state index contributed by atoms with van der Waals surface area (Å²) in [5.74, 6) is 0.466. The highest BCUT2D eigenvalue weighted by Gasteiger charge is 2.13. The number of carbonyl (C=O) groups is 1. The molecule has 1 aromatic carbocycles. The van der Waals surface area contributed by atoms with E-state index in [0.29, 0.717) is 19.3 Å². The lowest BCUT2D eigenvalue weighted by Gasteiger charge is -2.22. The van der Waals surface area contributed by atoms with Gasteiger partial charge in [-0.1, -0.05) is 31.4 Å². The summed E-state index contributed by atoms with van der Waals surface area (Å²) in [5, 5.41) is 13.7. The minimum atomic E-state index is -0.532. The van der Waals surface area contributed by atoms with Crippen LogP contribution in [0.1, 0.15) is 63.0 Å². The fraction of sp³-hybridized carbons (Fsp3) is 0.611. The minimum Gasteiger partial charge on any atom is -0.388 e. The number of primary amides is 1. The highest BCUT2D eigenvalue weighted by Crippen LogP contribution is 2.25. The summed E-state index contributed by atoms with van der Waals surface area (Å²) in [6, 6.07) is 7.96. The van der Waals surface area contributed by atoms with E-state index in [0.717, 1.165) is 23.7 Å². The second kappa shape index (κ2) is 8.79. The summed E-state index contributed by atoms with van der Waals surface area (Å²) >= 11 is 0. The molecule has 22 heavy (non-hydrogen) atoms. The number of nitrogens with one attached hydrogen (secondary N) is 1. The van der Waals surface area contributed by atoms with Crippen molar-refractivity contribution >= 4 is 11.6 Å². The average Bonchev–Trinajstić information content (AvgIpc) is 2.54. The lowest BCUT2D eigenvalue weighted by atomic mass is 9.89. The smallest absolute Gasteiger partial charge is 0.217 e. The molecule has 4 N–H and O–H groups in total. The van der Waals surface area contributed by atoms with Gasteiger partial charge in [0.05, 0.1) is 6.10 Å². The number of hydrogen-bond donors (Lipinski definition) is 3. The van der Waals surface area contributed by atoms with Crippen LogP contribution in [-0.4, -0.2) is 17.6 Å². The third kappa shape index (κ3) is 5.68. The molecule has 0 saturated heterocycles. The first-order chi connectivity index (χ1) is 10.6. The molecule has 1 saturated carbocycles. The number of benzene rings is 1. The normalized spacial score (nSPS) is 17.1. The second-order valence-corrected chi connectivity index (χ2v) is 6.38. The van der Waals surface area contributed by atoms with E-state index in [1.165, 1.54) is 32.1 Å². The van der Waals surface area contributed by atoms with Gasteiger partial charge in [0.25, 0.3) is 0 Å². The Bertz CT molecular complexity index is 470. The summed E-state index contributed by atoms with van der Waals surface area (Å²) in [4.78, 5) is 10.7. The summed E-state index contributed by atoms with van der Waals surface area (Å²) in [7, 11) is 0. The van der Waals surface area contributed by atoms with E-state index in [9.17, 15) is 9.90 Å². The van der Waals surface area contributed by atoms with Crippen molar-refractivity contribution in [2.45, 2.75) is 57.5 Å². The quantitative estimate of drug-likeness (QED) is 0.689. The molecule has 0 spiro atoms. The summed E-state index contributed by atoms with van der Waals surface area (Å²) in [6.45, 7) is 1.02. The topological polar surface area (TPSA) is 75.4 Å². The second-order valence-electron chi connectivity index (χ2n) is 6.38. The van der Waals surface area contributed by atoms with Crippen molar-refractivity contribution < 1.29 is 9.90 Å². The third-order valence-electron chi connectivity index (χ3n) is 4.49. The first kappa shape index (κ1) is 16.8. The number of hydrogen-bond acceptors (Lipinski definition) is 3. The Morgan fingerprint density at radius 1 is 1.32 bits per heavy atom. The maximum absolute atomic E-state index is 10.7. The molecular weight excluding hydrogens is 276 g/mol. The van der Waals surface area contributed by atoms with E-state index in [1.807, 2.05) is 24.3 Å². The van der Waals surface area contributed by atoms with Crippen LogP contribution < -0.4 is 11.1 Å². The van der Waals surface area contributed by atoms with Crippen LogP contribution in [0.2, 0.25) is 0 Å². The number of carbonyl (C=O) groups excluding carboxylic acids is 1. The van der Waals surface area contributed by atoms with Gasteiger partial charge in [-0.25, -0.2) is 0 Å². The zero-order valence-corrected chi connectivity index (χ0v) is 13.3. The first-order valence-corrected chi connectivity index (χ1v) is 8.45. The largest absolute Gasteiger partial charge is 0.388 e. The maximum atomic E-state index is 10.7. The lowest BCUT2D eigenvalue weighted by Crippen LogP contribution is -2.17. The predicted octanol–water partition coefficient (Wildman–Crippen LogP) is 3.37. The fourth-order valence-corrected chi connectivity index (χ4v) is 3.15.